The van der Waals surface area contributed by atoms with Gasteiger partial charge in [-0.25, -0.2) is 4.39 Å². The van der Waals surface area contributed by atoms with Gasteiger partial charge in [0.25, 0.3) is 0 Å². The molecule has 1 aromatic carbocycles. The lowest BCUT2D eigenvalue weighted by Gasteiger charge is -2.31. The second-order valence-electron chi connectivity index (χ2n) is 5.75. The molecule has 0 spiro atoms. The van der Waals surface area contributed by atoms with Crippen molar-refractivity contribution in [2.45, 2.75) is 58.4 Å². The molecule has 0 saturated heterocycles. The molecule has 2 nitrogen and oxygen atoms in total. The highest BCUT2D eigenvalue weighted by molar-refractivity contribution is 5.67. The van der Waals surface area contributed by atoms with Gasteiger partial charge in [-0.15, -0.1) is 0 Å². The molecule has 3 N–H and O–H groups in total. The first-order chi connectivity index (χ1) is 9.11. The smallest absolute Gasteiger partial charge is 0.128 e. The summed E-state index contributed by atoms with van der Waals surface area (Å²) in [6.07, 6.45) is 7.71. The van der Waals surface area contributed by atoms with Gasteiger partial charge < -0.3 is 11.1 Å². The number of aryl methyl sites for hydroxylation is 1. The van der Waals surface area contributed by atoms with Crippen LogP contribution in [-0.2, 0) is 0 Å². The minimum absolute atomic E-state index is 0.228. The molecule has 19 heavy (non-hydrogen) atoms. The first kappa shape index (κ1) is 14.2. The van der Waals surface area contributed by atoms with Crippen molar-refractivity contribution >= 4 is 11.4 Å². The minimum atomic E-state index is -0.228. The van der Waals surface area contributed by atoms with Crippen molar-refractivity contribution in [3.05, 3.63) is 23.5 Å². The maximum absolute atomic E-state index is 13.4. The van der Waals surface area contributed by atoms with Crippen molar-refractivity contribution in [2.24, 2.45) is 5.92 Å². The van der Waals surface area contributed by atoms with Crippen molar-refractivity contribution in [3.8, 4) is 0 Å². The predicted molar refractivity (Wildman–Crippen MR) is 79.8 cm³/mol. The van der Waals surface area contributed by atoms with Gasteiger partial charge in [0.1, 0.15) is 5.82 Å². The molecule has 1 fully saturated rings. The van der Waals surface area contributed by atoms with Crippen LogP contribution in [0.4, 0.5) is 15.8 Å². The van der Waals surface area contributed by atoms with Gasteiger partial charge in [-0.2, -0.15) is 0 Å². The van der Waals surface area contributed by atoms with Crippen molar-refractivity contribution in [1.29, 1.82) is 0 Å². The van der Waals surface area contributed by atoms with E-state index in [-0.39, 0.29) is 5.82 Å². The molecule has 1 atom stereocenters. The summed E-state index contributed by atoms with van der Waals surface area (Å²) in [5.74, 6) is 0.497. The van der Waals surface area contributed by atoms with E-state index in [1.165, 1.54) is 38.2 Å². The molecule has 1 aromatic rings. The molecule has 1 saturated carbocycles. The van der Waals surface area contributed by atoms with Crippen LogP contribution in [0, 0.1) is 18.7 Å². The SMILES string of the molecule is CCC(Nc1cc(C)c(F)cc1N)C1CCCCC1. The predicted octanol–water partition coefficient (Wildman–Crippen LogP) is 4.49. The second kappa shape index (κ2) is 6.27. The Morgan fingerprint density at radius 3 is 2.63 bits per heavy atom. The summed E-state index contributed by atoms with van der Waals surface area (Å²) in [6, 6.07) is 3.70. The standard InChI is InChI=1S/C16H25FN2/c1-3-15(12-7-5-4-6-8-12)19-16-9-11(2)13(17)10-14(16)18/h9-10,12,15,19H,3-8,18H2,1-2H3. The fourth-order valence-electron chi connectivity index (χ4n) is 3.11. The molecular formula is C16H25FN2. The molecule has 2 rings (SSSR count). The van der Waals surface area contributed by atoms with Crippen LogP contribution in [0.25, 0.3) is 0 Å². The second-order valence-corrected chi connectivity index (χ2v) is 5.75. The quantitative estimate of drug-likeness (QED) is 0.786. The van der Waals surface area contributed by atoms with E-state index in [2.05, 4.69) is 12.2 Å². The van der Waals surface area contributed by atoms with Gasteiger partial charge in [0.2, 0.25) is 0 Å². The molecule has 106 valence electrons. The van der Waals surface area contributed by atoms with Gasteiger partial charge in [-0.1, -0.05) is 26.2 Å². The Kier molecular flexibility index (Phi) is 4.67. The Labute approximate surface area is 115 Å². The summed E-state index contributed by atoms with van der Waals surface area (Å²) in [4.78, 5) is 0. The molecule has 0 heterocycles. The van der Waals surface area contributed by atoms with Crippen molar-refractivity contribution in [3.63, 3.8) is 0 Å². The highest BCUT2D eigenvalue weighted by atomic mass is 19.1. The maximum Gasteiger partial charge on any atom is 0.128 e. The van der Waals surface area contributed by atoms with E-state index in [0.717, 1.165) is 18.0 Å². The largest absolute Gasteiger partial charge is 0.397 e. The zero-order valence-electron chi connectivity index (χ0n) is 12.0. The zero-order chi connectivity index (χ0) is 13.8. The number of halogens is 1. The lowest BCUT2D eigenvalue weighted by atomic mass is 9.83. The first-order valence-electron chi connectivity index (χ1n) is 7.44. The number of nitrogen functional groups attached to an aromatic ring is 1. The van der Waals surface area contributed by atoms with Crippen molar-refractivity contribution in [1.82, 2.24) is 0 Å². The molecule has 1 aliphatic carbocycles. The monoisotopic (exact) mass is 264 g/mol. The van der Waals surface area contributed by atoms with E-state index >= 15 is 0 Å². The van der Waals surface area contributed by atoms with Crippen LogP contribution in [0.15, 0.2) is 12.1 Å². The average molecular weight is 264 g/mol. The number of hydrogen-bond acceptors (Lipinski definition) is 2. The fourth-order valence-corrected chi connectivity index (χ4v) is 3.11. The highest BCUT2D eigenvalue weighted by Gasteiger charge is 2.22. The third-order valence-electron chi connectivity index (χ3n) is 4.33. The van der Waals surface area contributed by atoms with Crippen LogP contribution in [0.2, 0.25) is 0 Å². The molecule has 1 unspecified atom stereocenters. The zero-order valence-corrected chi connectivity index (χ0v) is 12.0. The third-order valence-corrected chi connectivity index (χ3v) is 4.33. The van der Waals surface area contributed by atoms with E-state index in [1.54, 1.807) is 6.92 Å². The number of nitrogens with two attached hydrogens (primary N) is 1. The molecule has 3 heteroatoms. The van der Waals surface area contributed by atoms with Crippen LogP contribution in [0.5, 0.6) is 0 Å². The lowest BCUT2D eigenvalue weighted by Crippen LogP contribution is -2.30. The summed E-state index contributed by atoms with van der Waals surface area (Å²) in [5.41, 5.74) is 7.97. The number of nitrogens with one attached hydrogen (secondary N) is 1. The van der Waals surface area contributed by atoms with Gasteiger partial charge in [0, 0.05) is 6.04 Å². The Morgan fingerprint density at radius 2 is 2.00 bits per heavy atom. The van der Waals surface area contributed by atoms with Crippen molar-refractivity contribution < 1.29 is 4.39 Å². The number of anilines is 2. The fraction of sp³-hybridized carbons (Fsp3) is 0.625. The van der Waals surface area contributed by atoms with E-state index in [0.29, 0.717) is 17.3 Å². The summed E-state index contributed by atoms with van der Waals surface area (Å²) in [5, 5.41) is 3.54. The molecule has 0 aliphatic heterocycles. The van der Waals surface area contributed by atoms with E-state index in [4.69, 9.17) is 5.73 Å². The van der Waals surface area contributed by atoms with Crippen LogP contribution < -0.4 is 11.1 Å². The number of benzene rings is 1. The molecule has 0 amide bonds. The molecule has 1 aliphatic rings. The Bertz CT molecular complexity index is 425. The Balaban J connectivity index is 2.11. The summed E-state index contributed by atoms with van der Waals surface area (Å²) >= 11 is 0. The van der Waals surface area contributed by atoms with Gasteiger partial charge in [-0.3, -0.25) is 0 Å². The van der Waals surface area contributed by atoms with E-state index < -0.39 is 0 Å². The van der Waals surface area contributed by atoms with E-state index in [1.807, 2.05) is 6.07 Å². The number of rotatable bonds is 4. The van der Waals surface area contributed by atoms with Gasteiger partial charge >= 0.3 is 0 Å². The lowest BCUT2D eigenvalue weighted by molar-refractivity contribution is 0.313. The maximum atomic E-state index is 13.4. The summed E-state index contributed by atoms with van der Waals surface area (Å²) in [7, 11) is 0. The third kappa shape index (κ3) is 3.40. The van der Waals surface area contributed by atoms with Crippen LogP contribution in [-0.4, -0.2) is 6.04 Å². The summed E-state index contributed by atoms with van der Waals surface area (Å²) < 4.78 is 13.4. The van der Waals surface area contributed by atoms with Crippen LogP contribution >= 0.6 is 0 Å². The van der Waals surface area contributed by atoms with Gasteiger partial charge in [-0.05, 0) is 49.8 Å². The Hall–Kier alpha value is -1.25. The molecular weight excluding hydrogens is 239 g/mol. The molecule has 0 aromatic heterocycles. The van der Waals surface area contributed by atoms with Gasteiger partial charge in [0.05, 0.1) is 11.4 Å². The molecule has 0 bridgehead atoms. The highest BCUT2D eigenvalue weighted by Crippen LogP contribution is 2.31. The number of hydrogen-bond donors (Lipinski definition) is 2. The minimum Gasteiger partial charge on any atom is -0.397 e. The van der Waals surface area contributed by atoms with Crippen molar-refractivity contribution in [2.75, 3.05) is 11.1 Å². The van der Waals surface area contributed by atoms with Crippen LogP contribution in [0.1, 0.15) is 51.0 Å². The normalized spacial score (nSPS) is 18.3. The summed E-state index contributed by atoms with van der Waals surface area (Å²) in [6.45, 7) is 3.99. The van der Waals surface area contributed by atoms with E-state index in [9.17, 15) is 4.39 Å². The van der Waals surface area contributed by atoms with Crippen LogP contribution in [0.3, 0.4) is 0 Å². The first-order valence-corrected chi connectivity index (χ1v) is 7.44. The van der Waals surface area contributed by atoms with Gasteiger partial charge in [0.15, 0.2) is 0 Å². The Morgan fingerprint density at radius 1 is 1.32 bits per heavy atom. The average Bonchev–Trinajstić information content (AvgIpc) is 2.42. The topological polar surface area (TPSA) is 38.0 Å². The molecule has 0 radical (unpaired) electrons.